The maximum absolute atomic E-state index is 13.4. The first-order valence-corrected chi connectivity index (χ1v) is 12.0. The molecule has 3 rings (SSSR count). The molecule has 33 heavy (non-hydrogen) atoms. The molecular weight excluding hydrogens is 464 g/mol. The van der Waals surface area contributed by atoms with Crippen molar-refractivity contribution >= 4 is 33.2 Å². The van der Waals surface area contributed by atoms with Crippen LogP contribution in [0.2, 0.25) is 5.02 Å². The summed E-state index contributed by atoms with van der Waals surface area (Å²) in [6.45, 7) is 1.80. The highest BCUT2D eigenvalue weighted by Crippen LogP contribution is 2.28. The Kier molecular flexibility index (Phi) is 8.19. The normalized spacial score (nSPS) is 11.0. The predicted molar refractivity (Wildman–Crippen MR) is 129 cm³/mol. The highest BCUT2D eigenvalue weighted by atomic mass is 35.5. The van der Waals surface area contributed by atoms with Crippen molar-refractivity contribution in [3.8, 4) is 11.5 Å². The molecule has 0 aromatic heterocycles. The number of carbonyl (C=O) groups excluding carboxylic acids is 1. The molecule has 0 heterocycles. The molecule has 7 nitrogen and oxygen atoms in total. The third-order valence-electron chi connectivity index (χ3n) is 4.80. The molecule has 0 aliphatic heterocycles. The zero-order valence-corrected chi connectivity index (χ0v) is 19.9. The monoisotopic (exact) mass is 488 g/mol. The molecule has 3 aromatic rings. The Morgan fingerprint density at radius 2 is 1.67 bits per heavy atom. The number of carbonyl (C=O) groups is 1. The predicted octanol–water partition coefficient (Wildman–Crippen LogP) is 4.05. The van der Waals surface area contributed by atoms with Gasteiger partial charge in [0.1, 0.15) is 24.7 Å². The molecule has 0 radical (unpaired) electrons. The van der Waals surface area contributed by atoms with Crippen LogP contribution in [0.15, 0.2) is 77.7 Å². The Hall–Kier alpha value is -3.23. The number of nitrogens with one attached hydrogen (secondary N) is 1. The van der Waals surface area contributed by atoms with E-state index < -0.39 is 15.9 Å². The third-order valence-corrected chi connectivity index (χ3v) is 6.81. The van der Waals surface area contributed by atoms with Gasteiger partial charge in [-0.2, -0.15) is 0 Å². The van der Waals surface area contributed by atoms with E-state index in [2.05, 4.69) is 5.32 Å². The van der Waals surface area contributed by atoms with Gasteiger partial charge in [-0.25, -0.2) is 8.42 Å². The second-order valence-electron chi connectivity index (χ2n) is 7.13. The SMILES string of the molecule is COc1ccc(OCCNC(=O)CN(c2ccc(Cl)cc2C)S(=O)(=O)c2ccccc2)cc1. The molecule has 0 saturated heterocycles. The van der Waals surface area contributed by atoms with Crippen LogP contribution in [0, 0.1) is 6.92 Å². The van der Waals surface area contributed by atoms with Crippen LogP contribution in [-0.2, 0) is 14.8 Å². The smallest absolute Gasteiger partial charge is 0.264 e. The molecule has 174 valence electrons. The number of halogens is 1. The van der Waals surface area contributed by atoms with E-state index in [0.717, 1.165) is 4.31 Å². The van der Waals surface area contributed by atoms with E-state index in [1.54, 1.807) is 74.7 Å². The quantitative estimate of drug-likeness (QED) is 0.435. The Bertz CT molecular complexity index is 1190. The van der Waals surface area contributed by atoms with Crippen molar-refractivity contribution in [3.05, 3.63) is 83.4 Å². The maximum Gasteiger partial charge on any atom is 0.264 e. The van der Waals surface area contributed by atoms with Gasteiger partial charge < -0.3 is 14.8 Å². The van der Waals surface area contributed by atoms with Crippen LogP contribution >= 0.6 is 11.6 Å². The number of hydrogen-bond acceptors (Lipinski definition) is 5. The third kappa shape index (κ3) is 6.40. The van der Waals surface area contributed by atoms with Crippen LogP contribution in [0.3, 0.4) is 0 Å². The first-order valence-electron chi connectivity index (χ1n) is 10.2. The summed E-state index contributed by atoms with van der Waals surface area (Å²) in [7, 11) is -2.40. The van der Waals surface area contributed by atoms with Gasteiger partial charge in [0.15, 0.2) is 0 Å². The van der Waals surface area contributed by atoms with Crippen LogP contribution in [0.5, 0.6) is 11.5 Å². The highest BCUT2D eigenvalue weighted by Gasteiger charge is 2.28. The van der Waals surface area contributed by atoms with Gasteiger partial charge in [-0.3, -0.25) is 9.10 Å². The fourth-order valence-corrected chi connectivity index (χ4v) is 4.87. The summed E-state index contributed by atoms with van der Waals surface area (Å²) in [5.41, 5.74) is 1.02. The second kappa shape index (κ2) is 11.1. The first-order chi connectivity index (χ1) is 15.8. The lowest BCUT2D eigenvalue weighted by molar-refractivity contribution is -0.119. The van der Waals surface area contributed by atoms with Crippen molar-refractivity contribution in [2.75, 3.05) is 31.1 Å². The van der Waals surface area contributed by atoms with E-state index >= 15 is 0 Å². The number of ether oxygens (including phenoxy) is 2. The molecule has 0 unspecified atom stereocenters. The number of hydrogen-bond donors (Lipinski definition) is 1. The summed E-state index contributed by atoms with van der Waals surface area (Å²) in [5.74, 6) is 0.894. The summed E-state index contributed by atoms with van der Waals surface area (Å²) in [4.78, 5) is 12.8. The summed E-state index contributed by atoms with van der Waals surface area (Å²) in [6, 6.07) is 19.9. The van der Waals surface area contributed by atoms with Gasteiger partial charge in [0.2, 0.25) is 5.91 Å². The van der Waals surface area contributed by atoms with E-state index in [0.29, 0.717) is 27.8 Å². The van der Waals surface area contributed by atoms with Crippen molar-refractivity contribution in [1.29, 1.82) is 0 Å². The molecular formula is C24H25ClN2O5S. The number of rotatable bonds is 10. The van der Waals surface area contributed by atoms with Crippen LogP contribution in [-0.4, -0.2) is 41.1 Å². The molecule has 0 aliphatic carbocycles. The second-order valence-corrected chi connectivity index (χ2v) is 9.43. The van der Waals surface area contributed by atoms with Crippen molar-refractivity contribution < 1.29 is 22.7 Å². The Morgan fingerprint density at radius 3 is 2.30 bits per heavy atom. The van der Waals surface area contributed by atoms with Gasteiger partial charge >= 0.3 is 0 Å². The van der Waals surface area contributed by atoms with E-state index in [1.807, 2.05) is 0 Å². The van der Waals surface area contributed by atoms with Gasteiger partial charge in [0.05, 0.1) is 24.2 Å². The lowest BCUT2D eigenvalue weighted by Gasteiger charge is -2.25. The average molecular weight is 489 g/mol. The standard InChI is InChI=1S/C24H25ClN2O5S/c1-18-16-19(25)8-13-23(18)27(33(29,30)22-6-4-3-5-7-22)17-24(28)26-14-15-32-21-11-9-20(31-2)10-12-21/h3-13,16H,14-15,17H2,1-2H3,(H,26,28). The van der Waals surface area contributed by atoms with Crippen LogP contribution in [0.4, 0.5) is 5.69 Å². The van der Waals surface area contributed by atoms with E-state index in [-0.39, 0.29) is 24.6 Å². The number of anilines is 1. The number of benzene rings is 3. The fourth-order valence-electron chi connectivity index (χ4n) is 3.14. The molecule has 1 amide bonds. The fraction of sp³-hybridized carbons (Fsp3) is 0.208. The molecule has 0 aliphatic rings. The first kappa shape index (κ1) is 24.4. The van der Waals surface area contributed by atoms with Gasteiger partial charge in [-0.15, -0.1) is 0 Å². The summed E-state index contributed by atoms with van der Waals surface area (Å²) in [6.07, 6.45) is 0. The van der Waals surface area contributed by atoms with Gasteiger partial charge in [0, 0.05) is 5.02 Å². The zero-order valence-electron chi connectivity index (χ0n) is 18.3. The number of sulfonamides is 1. The largest absolute Gasteiger partial charge is 0.497 e. The highest BCUT2D eigenvalue weighted by molar-refractivity contribution is 7.92. The zero-order chi connectivity index (χ0) is 23.8. The van der Waals surface area contributed by atoms with Crippen LogP contribution < -0.4 is 19.1 Å². The maximum atomic E-state index is 13.4. The molecule has 0 fully saturated rings. The number of aryl methyl sites for hydroxylation is 1. The summed E-state index contributed by atoms with van der Waals surface area (Å²) < 4.78 is 38.5. The Balaban J connectivity index is 1.69. The minimum atomic E-state index is -3.98. The Labute approximate surface area is 198 Å². The lowest BCUT2D eigenvalue weighted by Crippen LogP contribution is -2.42. The molecule has 9 heteroatoms. The summed E-state index contributed by atoms with van der Waals surface area (Å²) in [5, 5.41) is 3.19. The number of methoxy groups -OCH3 is 1. The van der Waals surface area contributed by atoms with Crippen molar-refractivity contribution in [2.45, 2.75) is 11.8 Å². The van der Waals surface area contributed by atoms with E-state index in [9.17, 15) is 13.2 Å². The topological polar surface area (TPSA) is 84.9 Å². The Morgan fingerprint density at radius 1 is 1.00 bits per heavy atom. The van der Waals surface area contributed by atoms with Gasteiger partial charge in [-0.05, 0) is 67.1 Å². The van der Waals surface area contributed by atoms with Crippen LogP contribution in [0.25, 0.3) is 0 Å². The van der Waals surface area contributed by atoms with Crippen molar-refractivity contribution in [1.82, 2.24) is 5.32 Å². The number of nitrogens with zero attached hydrogens (tertiary/aromatic N) is 1. The van der Waals surface area contributed by atoms with Crippen LogP contribution in [0.1, 0.15) is 5.56 Å². The molecule has 0 saturated carbocycles. The molecule has 3 aromatic carbocycles. The average Bonchev–Trinajstić information content (AvgIpc) is 2.81. The number of amides is 1. The molecule has 0 bridgehead atoms. The molecule has 0 spiro atoms. The van der Waals surface area contributed by atoms with Gasteiger partial charge in [0.25, 0.3) is 10.0 Å². The molecule has 1 N–H and O–H groups in total. The minimum Gasteiger partial charge on any atom is -0.497 e. The lowest BCUT2D eigenvalue weighted by atomic mass is 10.2. The molecule has 0 atom stereocenters. The van der Waals surface area contributed by atoms with Crippen molar-refractivity contribution in [3.63, 3.8) is 0 Å². The van der Waals surface area contributed by atoms with E-state index in [4.69, 9.17) is 21.1 Å². The van der Waals surface area contributed by atoms with Gasteiger partial charge in [-0.1, -0.05) is 29.8 Å². The summed E-state index contributed by atoms with van der Waals surface area (Å²) >= 11 is 6.04. The van der Waals surface area contributed by atoms with Crippen molar-refractivity contribution in [2.24, 2.45) is 0 Å². The minimum absolute atomic E-state index is 0.0926. The van der Waals surface area contributed by atoms with E-state index in [1.165, 1.54) is 12.1 Å².